The zero-order valence-corrected chi connectivity index (χ0v) is 13.5. The van der Waals surface area contributed by atoms with Gasteiger partial charge in [0, 0.05) is 6.04 Å². The molecule has 0 saturated carbocycles. The normalized spacial score (nSPS) is 13.4. The Morgan fingerprint density at radius 2 is 1.86 bits per heavy atom. The lowest BCUT2D eigenvalue weighted by Gasteiger charge is -2.17. The Morgan fingerprint density at radius 3 is 2.43 bits per heavy atom. The topological polar surface area (TPSA) is 59.6 Å². The summed E-state index contributed by atoms with van der Waals surface area (Å²) >= 11 is 0. The van der Waals surface area contributed by atoms with Crippen LogP contribution in [-0.2, 0) is 4.79 Å². The van der Waals surface area contributed by atoms with Crippen molar-refractivity contribution in [3.63, 3.8) is 0 Å². The molecular weight excluding hydrogens is 268 g/mol. The third-order valence-corrected chi connectivity index (χ3v) is 3.51. The monoisotopic (exact) mass is 294 g/mol. The Balaban J connectivity index is 2.62. The lowest BCUT2D eigenvalue weighted by atomic mass is 10.1. The minimum absolute atomic E-state index is 0.0161. The summed E-state index contributed by atoms with van der Waals surface area (Å²) < 4.78 is 10.5. The number of hydrogen-bond acceptors (Lipinski definition) is 4. The molecule has 0 aromatic heterocycles. The van der Waals surface area contributed by atoms with Crippen molar-refractivity contribution in [2.24, 2.45) is 0 Å². The van der Waals surface area contributed by atoms with E-state index in [1.54, 1.807) is 14.2 Å². The first-order valence-corrected chi connectivity index (χ1v) is 7.26. The van der Waals surface area contributed by atoms with Crippen LogP contribution < -0.4 is 20.1 Å². The molecule has 2 atom stereocenters. The number of nitrogens with one attached hydrogen (secondary N) is 2. The van der Waals surface area contributed by atoms with Crippen LogP contribution in [-0.4, -0.2) is 32.7 Å². The van der Waals surface area contributed by atoms with Crippen LogP contribution in [0.1, 0.15) is 38.8 Å². The van der Waals surface area contributed by atoms with Crippen LogP contribution in [0, 0.1) is 0 Å². The molecule has 1 amide bonds. The molecule has 0 saturated heterocycles. The van der Waals surface area contributed by atoms with E-state index in [1.165, 1.54) is 0 Å². The van der Waals surface area contributed by atoms with Crippen LogP contribution >= 0.6 is 0 Å². The second-order valence-electron chi connectivity index (χ2n) is 5.09. The van der Waals surface area contributed by atoms with Crippen LogP contribution in [0.5, 0.6) is 11.5 Å². The number of amides is 1. The molecule has 2 N–H and O–H groups in total. The van der Waals surface area contributed by atoms with Gasteiger partial charge in [-0.3, -0.25) is 4.79 Å². The Kier molecular flexibility index (Phi) is 7.02. The maximum Gasteiger partial charge on any atom is 0.234 e. The quantitative estimate of drug-likeness (QED) is 0.772. The van der Waals surface area contributed by atoms with E-state index < -0.39 is 0 Å². The van der Waals surface area contributed by atoms with Crippen LogP contribution in [0.2, 0.25) is 0 Å². The molecule has 5 nitrogen and oxygen atoms in total. The molecular formula is C16H26N2O3. The van der Waals surface area contributed by atoms with Gasteiger partial charge in [-0.25, -0.2) is 0 Å². The summed E-state index contributed by atoms with van der Waals surface area (Å²) in [7, 11) is 3.20. The first-order chi connectivity index (χ1) is 10.0. The molecule has 2 unspecified atom stereocenters. The summed E-state index contributed by atoms with van der Waals surface area (Å²) in [6.45, 7) is 6.42. The largest absolute Gasteiger partial charge is 0.493 e. The lowest BCUT2D eigenvalue weighted by Crippen LogP contribution is -2.38. The van der Waals surface area contributed by atoms with Gasteiger partial charge in [0.2, 0.25) is 5.91 Å². The van der Waals surface area contributed by atoms with E-state index >= 15 is 0 Å². The molecule has 5 heteroatoms. The van der Waals surface area contributed by atoms with E-state index in [9.17, 15) is 4.79 Å². The summed E-state index contributed by atoms with van der Waals surface area (Å²) in [5, 5.41) is 6.14. The number of methoxy groups -OCH3 is 2. The minimum Gasteiger partial charge on any atom is -0.493 e. The van der Waals surface area contributed by atoms with Gasteiger partial charge in [0.1, 0.15) is 0 Å². The smallest absolute Gasteiger partial charge is 0.234 e. The molecule has 0 aliphatic carbocycles. The summed E-state index contributed by atoms with van der Waals surface area (Å²) in [6.07, 6.45) is 0.999. The Labute approximate surface area is 127 Å². The van der Waals surface area contributed by atoms with E-state index in [4.69, 9.17) is 9.47 Å². The first-order valence-electron chi connectivity index (χ1n) is 7.26. The maximum absolute atomic E-state index is 11.9. The fourth-order valence-corrected chi connectivity index (χ4v) is 1.91. The van der Waals surface area contributed by atoms with Gasteiger partial charge >= 0.3 is 0 Å². The molecule has 1 rings (SSSR count). The van der Waals surface area contributed by atoms with Crippen molar-refractivity contribution < 1.29 is 14.3 Å². The number of carbonyl (C=O) groups is 1. The summed E-state index contributed by atoms with van der Waals surface area (Å²) in [5.74, 6) is 1.32. The molecule has 0 aliphatic rings. The van der Waals surface area contributed by atoms with E-state index in [0.717, 1.165) is 12.0 Å². The van der Waals surface area contributed by atoms with Gasteiger partial charge in [0.15, 0.2) is 11.5 Å². The number of rotatable bonds is 8. The minimum atomic E-state index is -0.0870. The molecule has 0 heterocycles. The average molecular weight is 294 g/mol. The maximum atomic E-state index is 11.9. The van der Waals surface area contributed by atoms with Gasteiger partial charge in [0.05, 0.1) is 26.8 Å². The van der Waals surface area contributed by atoms with Crippen molar-refractivity contribution in [1.29, 1.82) is 0 Å². The van der Waals surface area contributed by atoms with Crippen molar-refractivity contribution in [1.82, 2.24) is 10.6 Å². The van der Waals surface area contributed by atoms with Gasteiger partial charge in [-0.05, 0) is 38.0 Å². The van der Waals surface area contributed by atoms with Crippen molar-refractivity contribution >= 4 is 5.91 Å². The molecule has 0 radical (unpaired) electrons. The van der Waals surface area contributed by atoms with Gasteiger partial charge in [0.25, 0.3) is 0 Å². The molecule has 1 aromatic carbocycles. The van der Waals surface area contributed by atoms with E-state index in [1.807, 2.05) is 25.1 Å². The molecule has 0 bridgehead atoms. The highest BCUT2D eigenvalue weighted by molar-refractivity contribution is 5.78. The van der Waals surface area contributed by atoms with Gasteiger partial charge < -0.3 is 20.1 Å². The third-order valence-electron chi connectivity index (χ3n) is 3.51. The van der Waals surface area contributed by atoms with Crippen LogP contribution in [0.3, 0.4) is 0 Å². The van der Waals surface area contributed by atoms with Crippen molar-refractivity contribution in [3.05, 3.63) is 23.8 Å². The molecule has 0 spiro atoms. The van der Waals surface area contributed by atoms with Crippen LogP contribution in [0.15, 0.2) is 18.2 Å². The fourth-order valence-electron chi connectivity index (χ4n) is 1.91. The summed E-state index contributed by atoms with van der Waals surface area (Å²) in [5.41, 5.74) is 0.976. The predicted octanol–water partition coefficient (Wildman–Crippen LogP) is 2.27. The van der Waals surface area contributed by atoms with Crippen molar-refractivity contribution in [2.45, 2.75) is 39.3 Å². The zero-order valence-electron chi connectivity index (χ0n) is 13.5. The molecule has 1 aromatic rings. The second-order valence-corrected chi connectivity index (χ2v) is 5.09. The van der Waals surface area contributed by atoms with E-state index in [0.29, 0.717) is 24.1 Å². The molecule has 0 fully saturated rings. The SMILES string of the molecule is CCC(C)NCC(=O)NC(C)c1ccc(OC)c(OC)c1. The first kappa shape index (κ1) is 17.3. The number of ether oxygens (including phenoxy) is 2. The summed E-state index contributed by atoms with van der Waals surface area (Å²) in [4.78, 5) is 11.9. The highest BCUT2D eigenvalue weighted by atomic mass is 16.5. The molecule has 0 aliphatic heterocycles. The van der Waals surface area contributed by atoms with Crippen LogP contribution in [0.4, 0.5) is 0 Å². The molecule has 21 heavy (non-hydrogen) atoms. The van der Waals surface area contributed by atoms with Gasteiger partial charge in [-0.1, -0.05) is 13.0 Å². The lowest BCUT2D eigenvalue weighted by molar-refractivity contribution is -0.121. The highest BCUT2D eigenvalue weighted by Gasteiger charge is 2.13. The van der Waals surface area contributed by atoms with E-state index in [2.05, 4.69) is 24.5 Å². The molecule has 118 valence electrons. The van der Waals surface area contributed by atoms with E-state index in [-0.39, 0.29) is 11.9 Å². The van der Waals surface area contributed by atoms with Crippen molar-refractivity contribution in [2.75, 3.05) is 20.8 Å². The Hall–Kier alpha value is -1.75. The average Bonchev–Trinajstić information content (AvgIpc) is 2.51. The number of hydrogen-bond donors (Lipinski definition) is 2. The third kappa shape index (κ3) is 5.27. The van der Waals surface area contributed by atoms with Crippen molar-refractivity contribution in [3.8, 4) is 11.5 Å². The second kappa shape index (κ2) is 8.52. The standard InChI is InChI=1S/C16H26N2O3/c1-6-11(2)17-10-16(19)18-12(3)13-7-8-14(20-4)15(9-13)21-5/h7-9,11-12,17H,6,10H2,1-5H3,(H,18,19). The zero-order chi connectivity index (χ0) is 15.8. The Bertz CT molecular complexity index is 463. The Morgan fingerprint density at radius 1 is 1.19 bits per heavy atom. The van der Waals surface area contributed by atoms with Crippen LogP contribution in [0.25, 0.3) is 0 Å². The number of benzene rings is 1. The van der Waals surface area contributed by atoms with Gasteiger partial charge in [-0.15, -0.1) is 0 Å². The fraction of sp³-hybridized carbons (Fsp3) is 0.562. The number of carbonyl (C=O) groups excluding carboxylic acids is 1. The predicted molar refractivity (Wildman–Crippen MR) is 83.9 cm³/mol. The summed E-state index contributed by atoms with van der Waals surface area (Å²) in [6, 6.07) is 5.90. The van der Waals surface area contributed by atoms with Gasteiger partial charge in [-0.2, -0.15) is 0 Å². The highest BCUT2D eigenvalue weighted by Crippen LogP contribution is 2.29.